The van der Waals surface area contributed by atoms with Gasteiger partial charge in [0, 0.05) is 5.02 Å². The topological polar surface area (TPSA) is 0 Å². The number of hydrogen-bond acceptors (Lipinski definition) is 0. The first kappa shape index (κ1) is 20.1. The Bertz CT molecular complexity index is 695. The van der Waals surface area contributed by atoms with Crippen LogP contribution in [0.1, 0.15) is 32.3 Å². The van der Waals surface area contributed by atoms with Crippen molar-refractivity contribution >= 4 is 40.8 Å². The van der Waals surface area contributed by atoms with Crippen LogP contribution in [0.3, 0.4) is 0 Å². The Balaban J connectivity index is 2.28. The van der Waals surface area contributed by atoms with Crippen molar-refractivity contribution in [2.45, 2.75) is 44.6 Å². The summed E-state index contributed by atoms with van der Waals surface area (Å²) in [6, 6.07) is 16.6. The molecule has 4 heteroatoms. The summed E-state index contributed by atoms with van der Waals surface area (Å²) in [5.74, 6) is 0.501. The van der Waals surface area contributed by atoms with Gasteiger partial charge in [-0.15, -0.1) is 11.6 Å². The third kappa shape index (κ3) is 5.90. The molecular formula is C21H24BCl2F. The first-order valence-corrected chi connectivity index (χ1v) is 9.50. The fourth-order valence-corrected chi connectivity index (χ4v) is 3.10. The van der Waals surface area contributed by atoms with Crippen LogP contribution < -0.4 is 10.9 Å². The molecule has 2 aromatic carbocycles. The van der Waals surface area contributed by atoms with E-state index in [1.165, 1.54) is 17.9 Å². The van der Waals surface area contributed by atoms with Crippen molar-refractivity contribution in [3.63, 3.8) is 0 Å². The highest BCUT2D eigenvalue weighted by atomic mass is 35.5. The Morgan fingerprint density at radius 2 is 1.72 bits per heavy atom. The lowest BCUT2D eigenvalue weighted by Crippen LogP contribution is -2.41. The molecule has 0 saturated heterocycles. The SMILES string of the molecule is CC(C)c1ccc(B(CC=CC(Cl)C(C)F)c2cccc(Cl)c2)cc1. The molecule has 2 atom stereocenters. The molecular weight excluding hydrogens is 353 g/mol. The summed E-state index contributed by atoms with van der Waals surface area (Å²) in [6.07, 6.45) is 3.40. The molecule has 0 aliphatic rings. The normalized spacial score (nSPS) is 14.0. The van der Waals surface area contributed by atoms with Crippen LogP contribution >= 0.6 is 23.2 Å². The quantitative estimate of drug-likeness (QED) is 0.335. The van der Waals surface area contributed by atoms with Gasteiger partial charge in [-0.05, 0) is 36.9 Å². The predicted octanol–water partition coefficient (Wildman–Crippen LogP) is 5.59. The zero-order valence-corrected chi connectivity index (χ0v) is 16.4. The molecule has 0 heterocycles. The molecule has 0 spiro atoms. The van der Waals surface area contributed by atoms with Gasteiger partial charge in [0.15, 0.2) is 0 Å². The third-order valence-corrected chi connectivity index (χ3v) is 5.11. The van der Waals surface area contributed by atoms with Crippen LogP contribution in [0.4, 0.5) is 4.39 Å². The lowest BCUT2D eigenvalue weighted by Gasteiger charge is -2.15. The molecule has 0 nitrogen and oxygen atoms in total. The highest BCUT2D eigenvalue weighted by molar-refractivity contribution is 6.85. The Morgan fingerprint density at radius 3 is 2.28 bits per heavy atom. The summed E-state index contributed by atoms with van der Waals surface area (Å²) in [7, 11) is 0. The monoisotopic (exact) mass is 376 g/mol. The Kier molecular flexibility index (Phi) is 7.59. The first-order chi connectivity index (χ1) is 11.9. The van der Waals surface area contributed by atoms with E-state index in [-0.39, 0.29) is 6.71 Å². The second kappa shape index (κ2) is 9.45. The maximum absolute atomic E-state index is 13.2. The van der Waals surface area contributed by atoms with E-state index in [0.717, 1.165) is 16.8 Å². The smallest absolute Gasteiger partial charge is 0.213 e. The number of rotatable bonds is 7. The van der Waals surface area contributed by atoms with E-state index in [1.807, 2.05) is 24.3 Å². The lowest BCUT2D eigenvalue weighted by molar-refractivity contribution is 0.369. The van der Waals surface area contributed by atoms with Crippen LogP contribution in [-0.2, 0) is 0 Å². The molecule has 2 aromatic rings. The van der Waals surface area contributed by atoms with Crippen molar-refractivity contribution in [2.24, 2.45) is 0 Å². The van der Waals surface area contributed by atoms with Gasteiger partial charge in [-0.25, -0.2) is 4.39 Å². The molecule has 0 aliphatic heterocycles. The third-order valence-electron chi connectivity index (χ3n) is 4.39. The Hall–Kier alpha value is -1.25. The average Bonchev–Trinajstić information content (AvgIpc) is 2.58. The lowest BCUT2D eigenvalue weighted by atomic mass is 9.38. The van der Waals surface area contributed by atoms with Crippen molar-refractivity contribution in [1.29, 1.82) is 0 Å². The molecule has 0 radical (unpaired) electrons. The summed E-state index contributed by atoms with van der Waals surface area (Å²) in [5, 5.41) is 0.126. The molecule has 0 aliphatic carbocycles. The van der Waals surface area contributed by atoms with E-state index in [0.29, 0.717) is 5.92 Å². The zero-order chi connectivity index (χ0) is 18.4. The van der Waals surface area contributed by atoms with Gasteiger partial charge in [0.2, 0.25) is 6.71 Å². The number of benzene rings is 2. The molecule has 2 rings (SSSR count). The summed E-state index contributed by atoms with van der Waals surface area (Å²) in [4.78, 5) is 0. The molecule has 0 fully saturated rings. The fourth-order valence-electron chi connectivity index (χ4n) is 2.80. The standard InChI is InChI=1S/C21H24BCl2F/c1-15(2)17-9-11-18(12-10-17)22(13-5-8-21(24)16(3)25)19-6-4-7-20(23)14-19/h4-12,14-16,21H,13H2,1-3H3. The highest BCUT2D eigenvalue weighted by Gasteiger charge is 2.19. The summed E-state index contributed by atoms with van der Waals surface area (Å²) in [5.41, 5.74) is 3.68. The van der Waals surface area contributed by atoms with Crippen LogP contribution in [-0.4, -0.2) is 18.3 Å². The van der Waals surface area contributed by atoms with Gasteiger partial charge in [0.25, 0.3) is 0 Å². The van der Waals surface area contributed by atoms with E-state index in [2.05, 4.69) is 44.2 Å². The van der Waals surface area contributed by atoms with Crippen LogP contribution in [0.25, 0.3) is 0 Å². The van der Waals surface area contributed by atoms with E-state index in [4.69, 9.17) is 23.2 Å². The second-order valence-corrected chi connectivity index (χ2v) is 7.66. The van der Waals surface area contributed by atoms with Crippen LogP contribution in [0, 0.1) is 0 Å². The van der Waals surface area contributed by atoms with Crippen LogP contribution in [0.15, 0.2) is 60.7 Å². The van der Waals surface area contributed by atoms with Crippen molar-refractivity contribution in [3.8, 4) is 0 Å². The summed E-state index contributed by atoms with van der Waals surface area (Å²) >= 11 is 12.2. The second-order valence-electron chi connectivity index (χ2n) is 6.71. The van der Waals surface area contributed by atoms with E-state index < -0.39 is 11.5 Å². The minimum absolute atomic E-state index is 0.162. The van der Waals surface area contributed by atoms with Gasteiger partial charge in [-0.2, -0.15) is 0 Å². The largest absolute Gasteiger partial charge is 0.246 e. The summed E-state index contributed by atoms with van der Waals surface area (Å²) in [6.45, 7) is 6.01. The van der Waals surface area contributed by atoms with Gasteiger partial charge >= 0.3 is 0 Å². The first-order valence-electron chi connectivity index (χ1n) is 8.68. The maximum Gasteiger partial charge on any atom is 0.213 e. The van der Waals surface area contributed by atoms with E-state index in [9.17, 15) is 4.39 Å². The van der Waals surface area contributed by atoms with Gasteiger partial charge in [-0.3, -0.25) is 0 Å². The zero-order valence-electron chi connectivity index (χ0n) is 14.9. The highest BCUT2D eigenvalue weighted by Crippen LogP contribution is 2.14. The average molecular weight is 377 g/mol. The van der Waals surface area contributed by atoms with Gasteiger partial charge in [0.1, 0.15) is 6.17 Å². The molecule has 132 valence electrons. The van der Waals surface area contributed by atoms with E-state index >= 15 is 0 Å². The minimum Gasteiger partial charge on any atom is -0.246 e. The van der Waals surface area contributed by atoms with Gasteiger partial charge in [0.05, 0.1) is 5.38 Å². The number of halogens is 3. The van der Waals surface area contributed by atoms with Crippen molar-refractivity contribution < 1.29 is 4.39 Å². The van der Waals surface area contributed by atoms with Crippen molar-refractivity contribution in [2.75, 3.05) is 0 Å². The number of hydrogen-bond donors (Lipinski definition) is 0. The molecule has 0 amide bonds. The van der Waals surface area contributed by atoms with Gasteiger partial charge < -0.3 is 0 Å². The predicted molar refractivity (Wildman–Crippen MR) is 111 cm³/mol. The fraction of sp³-hybridized carbons (Fsp3) is 0.333. The Morgan fingerprint density at radius 1 is 1.04 bits per heavy atom. The molecule has 0 aromatic heterocycles. The molecule has 2 unspecified atom stereocenters. The molecule has 25 heavy (non-hydrogen) atoms. The molecule has 0 bridgehead atoms. The van der Waals surface area contributed by atoms with E-state index in [1.54, 1.807) is 6.08 Å². The molecule has 0 saturated carbocycles. The van der Waals surface area contributed by atoms with Gasteiger partial charge in [-0.1, -0.05) is 84.9 Å². The maximum atomic E-state index is 13.2. The minimum atomic E-state index is -1.06. The summed E-state index contributed by atoms with van der Waals surface area (Å²) < 4.78 is 13.2. The Labute approximate surface area is 161 Å². The number of alkyl halides is 2. The van der Waals surface area contributed by atoms with Crippen molar-refractivity contribution in [1.82, 2.24) is 0 Å². The van der Waals surface area contributed by atoms with Crippen molar-refractivity contribution in [3.05, 3.63) is 71.3 Å². The van der Waals surface area contributed by atoms with Crippen LogP contribution in [0.2, 0.25) is 11.3 Å². The number of allylic oxidation sites excluding steroid dienone is 2. The van der Waals surface area contributed by atoms with Crippen LogP contribution in [0.5, 0.6) is 0 Å². The molecule has 0 N–H and O–H groups in total.